The average molecular weight is 526 g/mol. The second-order valence-electron chi connectivity index (χ2n) is 4.09. The molecule has 0 aliphatic carbocycles. The molecule has 22 heavy (non-hydrogen) atoms. The molecule has 0 nitrogen and oxygen atoms in total. The summed E-state index contributed by atoms with van der Waals surface area (Å²) in [4.78, 5) is -2.52. The van der Waals surface area contributed by atoms with Crippen molar-refractivity contribution in [2.45, 2.75) is 21.1 Å². The Labute approximate surface area is 183 Å². The van der Waals surface area contributed by atoms with Gasteiger partial charge in [0, 0.05) is 0 Å². The summed E-state index contributed by atoms with van der Waals surface area (Å²) in [6.07, 6.45) is 0. The Balaban J connectivity index is 3.60. The van der Waals surface area contributed by atoms with Gasteiger partial charge in [0.15, 0.2) is 13.5 Å². The molecule has 1 rings (SSSR count). The van der Waals surface area contributed by atoms with Crippen molar-refractivity contribution in [2.24, 2.45) is 0 Å². The Kier molecular flexibility index (Phi) is 7.35. The lowest BCUT2D eigenvalue weighted by Gasteiger charge is -2.50. The van der Waals surface area contributed by atoms with E-state index in [1.165, 1.54) is 24.3 Å². The Hall–Kier alpha value is 2.41. The van der Waals surface area contributed by atoms with Crippen molar-refractivity contribution in [3.63, 3.8) is 0 Å². The molecule has 0 aliphatic rings. The first-order valence-electron chi connectivity index (χ1n) is 5.15. The van der Waals surface area contributed by atoms with Gasteiger partial charge in [-0.15, -0.1) is 11.6 Å². The Bertz CT molecular complexity index is 497. The highest BCUT2D eigenvalue weighted by molar-refractivity contribution is 6.81. The van der Waals surface area contributed by atoms with Crippen molar-refractivity contribution in [3.8, 4) is 0 Å². The van der Waals surface area contributed by atoms with Gasteiger partial charge in [0.05, 0.1) is 0 Å². The van der Waals surface area contributed by atoms with Gasteiger partial charge in [0.1, 0.15) is 0 Å². The van der Waals surface area contributed by atoms with Crippen LogP contribution in [-0.2, 0) is 4.33 Å². The molecule has 0 bridgehead atoms. The molecule has 0 aromatic heterocycles. The van der Waals surface area contributed by atoms with E-state index in [9.17, 15) is 0 Å². The van der Waals surface area contributed by atoms with Gasteiger partial charge < -0.3 is 0 Å². The molecule has 0 saturated carbocycles. The van der Waals surface area contributed by atoms with Gasteiger partial charge in [-0.1, -0.05) is 140 Å². The van der Waals surface area contributed by atoms with E-state index < -0.39 is 21.1 Å². The molecule has 0 spiro atoms. The molecule has 1 radical (unpaired) electrons. The summed E-state index contributed by atoms with van der Waals surface area (Å²) in [5.41, 5.74) is 0.230. The number of rotatable bonds is 3. The molecule has 1 aromatic carbocycles. The van der Waals surface area contributed by atoms with Gasteiger partial charge >= 0.3 is 0 Å². The predicted molar refractivity (Wildman–Crippen MR) is 102 cm³/mol. The van der Waals surface area contributed by atoms with Crippen LogP contribution in [0.25, 0.3) is 0 Å². The van der Waals surface area contributed by atoms with Crippen LogP contribution in [0.2, 0.25) is 0 Å². The van der Waals surface area contributed by atoms with E-state index in [4.69, 9.17) is 128 Å². The average Bonchev–Trinajstić information content (AvgIpc) is 2.35. The molecule has 11 heteroatoms. The minimum absolute atomic E-state index is 0.230. The van der Waals surface area contributed by atoms with E-state index in [1.807, 2.05) is 0 Å². The Morgan fingerprint density at radius 1 is 0.636 bits per heavy atom. The van der Waals surface area contributed by atoms with Gasteiger partial charge in [-0.25, -0.2) is 0 Å². The highest BCUT2D eigenvalue weighted by Crippen LogP contribution is 2.69. The number of alkyl halides is 11. The number of halogens is 11. The lowest BCUT2D eigenvalue weighted by molar-refractivity contribution is 0.480. The quantitative estimate of drug-likeness (QED) is 0.350. The molecule has 1 aromatic rings. The lowest BCUT2D eigenvalue weighted by atomic mass is 9.98. The summed E-state index contributed by atoms with van der Waals surface area (Å²) in [5, 5.41) is 0. The van der Waals surface area contributed by atoms with Crippen LogP contribution in [0, 0.1) is 6.07 Å². The van der Waals surface area contributed by atoms with Crippen molar-refractivity contribution in [1.29, 1.82) is 0 Å². The standard InChI is InChI=1S/C11H4Cl11/c12-7(13,6-4-2-1-3-5-6)9(15,16)8(14,10(17,18)19)11(20,21)22/h2-5H. The van der Waals surface area contributed by atoms with Crippen molar-refractivity contribution in [1.82, 2.24) is 0 Å². The van der Waals surface area contributed by atoms with Crippen LogP contribution >= 0.6 is 128 Å². The van der Waals surface area contributed by atoms with Crippen LogP contribution < -0.4 is 0 Å². The minimum Gasteiger partial charge on any atom is -0.106 e. The maximum absolute atomic E-state index is 6.30. The fourth-order valence-corrected chi connectivity index (χ4v) is 5.79. The van der Waals surface area contributed by atoms with Gasteiger partial charge in [-0.3, -0.25) is 0 Å². The molecule has 0 aliphatic heterocycles. The summed E-state index contributed by atoms with van der Waals surface area (Å²) >= 11 is 66.6. The van der Waals surface area contributed by atoms with Crippen molar-refractivity contribution in [2.75, 3.05) is 0 Å². The first-order chi connectivity index (χ1) is 9.61. The molecule has 0 fully saturated rings. The topological polar surface area (TPSA) is 0 Å². The monoisotopic (exact) mass is 521 g/mol. The fraction of sp³-hybridized carbons (Fsp3) is 0.455. The number of hydrogen-bond acceptors (Lipinski definition) is 0. The maximum atomic E-state index is 6.30. The predicted octanol–water partition coefficient (Wildman–Crippen LogP) is 8.01. The van der Waals surface area contributed by atoms with Crippen molar-refractivity contribution < 1.29 is 0 Å². The second kappa shape index (κ2) is 7.20. The molecule has 0 heterocycles. The largest absolute Gasteiger partial charge is 0.216 e. The van der Waals surface area contributed by atoms with E-state index >= 15 is 0 Å². The first-order valence-corrected chi connectivity index (χ1v) is 9.31. The zero-order valence-corrected chi connectivity index (χ0v) is 18.3. The third-order valence-electron chi connectivity index (χ3n) is 2.69. The van der Waals surface area contributed by atoms with Gasteiger partial charge in [0.25, 0.3) is 0 Å². The second-order valence-corrected chi connectivity index (χ2v) is 11.9. The molecular weight excluding hydrogens is 522 g/mol. The zero-order chi connectivity index (χ0) is 17.6. The third kappa shape index (κ3) is 3.74. The van der Waals surface area contributed by atoms with Gasteiger partial charge in [0.2, 0.25) is 7.59 Å². The SMILES string of the molecule is ClC(Cl)(Cl)C(Cl)(C(Cl)(Cl)Cl)C(Cl)(Cl)C(Cl)(Cl)c1cc[c]cc1. The summed E-state index contributed by atoms with van der Waals surface area (Å²) in [6.45, 7) is 0. The molecule has 0 atom stereocenters. The first kappa shape index (κ1) is 22.5. The van der Waals surface area contributed by atoms with Crippen LogP contribution in [0.1, 0.15) is 5.56 Å². The van der Waals surface area contributed by atoms with E-state index in [0.29, 0.717) is 0 Å². The van der Waals surface area contributed by atoms with Crippen LogP contribution in [0.3, 0.4) is 0 Å². The molecular formula is C11H4Cl11. The van der Waals surface area contributed by atoms with E-state index in [1.54, 1.807) is 0 Å². The number of hydrogen-bond donors (Lipinski definition) is 0. The fourth-order valence-electron chi connectivity index (χ4n) is 1.51. The Morgan fingerprint density at radius 3 is 1.32 bits per heavy atom. The van der Waals surface area contributed by atoms with E-state index in [0.717, 1.165) is 0 Å². The highest BCUT2D eigenvalue weighted by atomic mass is 35.6. The summed E-state index contributed by atoms with van der Waals surface area (Å²) < 4.78 is -9.43. The molecule has 0 N–H and O–H groups in total. The number of benzene rings is 1. The smallest absolute Gasteiger partial charge is 0.106 e. The Morgan fingerprint density at radius 2 is 1.00 bits per heavy atom. The minimum atomic E-state index is -2.52. The van der Waals surface area contributed by atoms with Crippen LogP contribution in [0.15, 0.2) is 24.3 Å². The lowest BCUT2D eigenvalue weighted by Crippen LogP contribution is -2.65. The van der Waals surface area contributed by atoms with Crippen LogP contribution in [0.5, 0.6) is 0 Å². The molecule has 125 valence electrons. The van der Waals surface area contributed by atoms with Crippen LogP contribution in [0.4, 0.5) is 0 Å². The van der Waals surface area contributed by atoms with Gasteiger partial charge in [-0.05, 0) is 11.6 Å². The molecule has 0 amide bonds. The van der Waals surface area contributed by atoms with E-state index in [2.05, 4.69) is 6.07 Å². The summed E-state index contributed by atoms with van der Waals surface area (Å²) in [6, 6.07) is 8.75. The normalized spacial score (nSPS) is 15.0. The highest BCUT2D eigenvalue weighted by Gasteiger charge is 2.76. The van der Waals surface area contributed by atoms with E-state index in [-0.39, 0.29) is 5.56 Å². The van der Waals surface area contributed by atoms with Crippen molar-refractivity contribution in [3.05, 3.63) is 35.9 Å². The van der Waals surface area contributed by atoms with Crippen molar-refractivity contribution >= 4 is 128 Å². The zero-order valence-electron chi connectivity index (χ0n) is 9.97. The van der Waals surface area contributed by atoms with Crippen LogP contribution in [-0.4, -0.2) is 16.8 Å². The summed E-state index contributed by atoms with van der Waals surface area (Å²) in [7, 11) is 0. The third-order valence-corrected chi connectivity index (χ3v) is 8.54. The maximum Gasteiger partial charge on any atom is 0.216 e. The van der Waals surface area contributed by atoms with Gasteiger partial charge in [-0.2, -0.15) is 0 Å². The molecule has 0 saturated heterocycles. The molecule has 0 unspecified atom stereocenters. The summed E-state index contributed by atoms with van der Waals surface area (Å²) in [5.74, 6) is 0.